The van der Waals surface area contributed by atoms with Crippen LogP contribution in [0, 0.1) is 5.82 Å². The largest absolute Gasteiger partial charge is 0.419 e. The van der Waals surface area contributed by atoms with Crippen molar-refractivity contribution >= 4 is 41.9 Å². The van der Waals surface area contributed by atoms with Crippen molar-refractivity contribution in [1.29, 1.82) is 0 Å². The molecule has 36 heavy (non-hydrogen) atoms. The van der Waals surface area contributed by atoms with Crippen LogP contribution in [0.25, 0.3) is 5.57 Å². The third-order valence-electron chi connectivity index (χ3n) is 5.87. The van der Waals surface area contributed by atoms with Crippen LogP contribution in [-0.2, 0) is 15.8 Å². The first kappa shape index (κ1) is 29.1. The van der Waals surface area contributed by atoms with Gasteiger partial charge in [0.05, 0.1) is 16.9 Å². The Balaban J connectivity index is 0.00000456. The molecule has 0 unspecified atom stereocenters. The predicted molar refractivity (Wildman–Crippen MR) is 128 cm³/mol. The normalized spacial score (nSPS) is 15.9. The second kappa shape index (κ2) is 10.4. The molecule has 1 aromatic rings. The van der Waals surface area contributed by atoms with E-state index in [0.717, 1.165) is 0 Å². The summed E-state index contributed by atoms with van der Waals surface area (Å²) >= 11 is 0. The van der Waals surface area contributed by atoms with Gasteiger partial charge in [-0.15, -0.1) is 12.4 Å². The van der Waals surface area contributed by atoms with E-state index in [1.807, 2.05) is 32.8 Å². The number of amidine groups is 1. The van der Waals surface area contributed by atoms with Gasteiger partial charge in [-0.3, -0.25) is 15.0 Å². The van der Waals surface area contributed by atoms with Gasteiger partial charge in [0.1, 0.15) is 11.5 Å². The van der Waals surface area contributed by atoms with Crippen molar-refractivity contribution in [3.05, 3.63) is 46.5 Å². The van der Waals surface area contributed by atoms with Crippen LogP contribution in [0.15, 0.2) is 34.6 Å². The molecule has 0 radical (unpaired) electrons. The van der Waals surface area contributed by atoms with E-state index in [2.05, 4.69) is 10.3 Å². The number of likely N-dealkylation sites (N-methyl/N-ethyl adjacent to an activating group) is 1. The van der Waals surface area contributed by atoms with E-state index >= 15 is 0 Å². The number of fused-ring (bicyclic) bond motifs is 1. The van der Waals surface area contributed by atoms with E-state index in [0.29, 0.717) is 34.8 Å². The van der Waals surface area contributed by atoms with Gasteiger partial charge in [0.25, 0.3) is 0 Å². The Morgan fingerprint density at radius 2 is 1.89 bits per heavy atom. The van der Waals surface area contributed by atoms with Crippen molar-refractivity contribution in [1.82, 2.24) is 20.4 Å². The molecule has 198 valence electrons. The number of nitrogens with one attached hydrogen (secondary N) is 2. The molecular formula is C22H27ClF4N6O3. The minimum atomic E-state index is -4.99. The van der Waals surface area contributed by atoms with Gasteiger partial charge < -0.3 is 5.32 Å². The predicted octanol–water partition coefficient (Wildman–Crippen LogP) is 4.35. The molecule has 2 aliphatic heterocycles. The zero-order chi connectivity index (χ0) is 26.3. The third-order valence-corrected chi connectivity index (χ3v) is 5.87. The summed E-state index contributed by atoms with van der Waals surface area (Å²) in [4.78, 5) is 34.9. The van der Waals surface area contributed by atoms with Crippen molar-refractivity contribution in [2.24, 2.45) is 4.99 Å². The van der Waals surface area contributed by atoms with Gasteiger partial charge in [0.2, 0.25) is 6.41 Å². The molecular weight excluding hydrogens is 508 g/mol. The van der Waals surface area contributed by atoms with E-state index in [1.165, 1.54) is 6.20 Å². The summed E-state index contributed by atoms with van der Waals surface area (Å²) < 4.78 is 54.4. The summed E-state index contributed by atoms with van der Waals surface area (Å²) in [6, 6.07) is 0.124. The Kier molecular flexibility index (Phi) is 8.44. The van der Waals surface area contributed by atoms with Crippen LogP contribution < -0.4 is 10.6 Å². The number of halogens is 5. The van der Waals surface area contributed by atoms with Crippen LogP contribution in [0.5, 0.6) is 0 Å². The number of nitrogens with zero attached hydrogens (tertiary/aromatic N) is 4. The first-order chi connectivity index (χ1) is 16.2. The second-order valence-corrected chi connectivity index (χ2v) is 8.67. The number of hydroxylamine groups is 1. The molecule has 3 amide bonds. The van der Waals surface area contributed by atoms with Gasteiger partial charge in [-0.25, -0.2) is 24.0 Å². The average molecular weight is 535 g/mol. The average Bonchev–Trinajstić information content (AvgIpc) is 2.98. The van der Waals surface area contributed by atoms with E-state index in [9.17, 15) is 27.2 Å². The summed E-state index contributed by atoms with van der Waals surface area (Å²) in [7, 11) is 5.46. The van der Waals surface area contributed by atoms with Crippen LogP contribution in [0.1, 0.15) is 38.3 Å². The van der Waals surface area contributed by atoms with Crippen molar-refractivity contribution < 1.29 is 32.0 Å². The number of rotatable bonds is 6. The van der Waals surface area contributed by atoms with Crippen LogP contribution in [0.2, 0.25) is 0 Å². The maximum atomic E-state index is 14.5. The third kappa shape index (κ3) is 5.63. The topological polar surface area (TPSA) is 89.5 Å². The molecule has 2 heterocycles. The summed E-state index contributed by atoms with van der Waals surface area (Å²) in [6.07, 6.45) is -3.34. The standard InChI is InChI=1S/C22H26F4N6O3.ClH/c1-12-14-7-13(10-27-19(14)31(6)32(12)35-21(2,3)30(4)5)15-8-17(23)16(22(24,25)26)9-18(15)29-20(34)28-11-33;/h8-11H,7H2,1-6H3,(H2,28,29,33,34);1H. The molecule has 0 bridgehead atoms. The van der Waals surface area contributed by atoms with Crippen LogP contribution >= 0.6 is 12.4 Å². The van der Waals surface area contributed by atoms with Gasteiger partial charge >= 0.3 is 12.2 Å². The minimum Gasteiger partial charge on any atom is -0.307 e. The number of carbonyl (C=O) groups is 2. The summed E-state index contributed by atoms with van der Waals surface area (Å²) in [5.41, 5.74) is -0.802. The van der Waals surface area contributed by atoms with Gasteiger partial charge in [-0.1, -0.05) is 0 Å². The fourth-order valence-corrected chi connectivity index (χ4v) is 3.49. The lowest BCUT2D eigenvalue weighted by Gasteiger charge is -2.39. The number of hydrogen-bond donors (Lipinski definition) is 2. The Bertz CT molecular complexity index is 1150. The highest BCUT2D eigenvalue weighted by Crippen LogP contribution is 2.41. The number of hydrazine groups is 1. The zero-order valence-electron chi connectivity index (χ0n) is 20.5. The number of benzene rings is 1. The lowest BCUT2D eigenvalue weighted by molar-refractivity contribution is -0.313. The number of anilines is 1. The van der Waals surface area contributed by atoms with Crippen molar-refractivity contribution in [3.8, 4) is 0 Å². The molecule has 14 heteroatoms. The molecule has 2 aliphatic rings. The van der Waals surface area contributed by atoms with E-state index in [1.54, 1.807) is 29.5 Å². The lowest BCUT2D eigenvalue weighted by atomic mass is 9.93. The fourth-order valence-electron chi connectivity index (χ4n) is 3.49. The molecule has 2 N–H and O–H groups in total. The Morgan fingerprint density at radius 1 is 1.25 bits per heavy atom. The molecule has 1 aromatic carbocycles. The second-order valence-electron chi connectivity index (χ2n) is 8.67. The van der Waals surface area contributed by atoms with Crippen molar-refractivity contribution in [2.45, 2.75) is 39.1 Å². The monoisotopic (exact) mass is 534 g/mol. The summed E-state index contributed by atoms with van der Waals surface area (Å²) in [5, 5.41) is 7.22. The van der Waals surface area contributed by atoms with Crippen molar-refractivity contribution in [3.63, 3.8) is 0 Å². The quantitative estimate of drug-likeness (QED) is 0.320. The van der Waals surface area contributed by atoms with Gasteiger partial charge in [0.15, 0.2) is 5.84 Å². The van der Waals surface area contributed by atoms with Gasteiger partial charge in [-0.2, -0.15) is 18.3 Å². The molecule has 0 spiro atoms. The molecule has 3 rings (SSSR count). The molecule has 0 aromatic heterocycles. The number of imide groups is 1. The Morgan fingerprint density at radius 3 is 2.44 bits per heavy atom. The fraction of sp³-hybridized carbons (Fsp3) is 0.409. The number of hydrogen-bond acceptors (Lipinski definition) is 7. The number of amides is 3. The highest BCUT2D eigenvalue weighted by molar-refractivity contribution is 6.05. The number of alkyl halides is 3. The number of urea groups is 1. The molecule has 0 fully saturated rings. The summed E-state index contributed by atoms with van der Waals surface area (Å²) in [6.45, 7) is 5.55. The molecule has 0 atom stereocenters. The maximum Gasteiger partial charge on any atom is 0.419 e. The first-order valence-corrected chi connectivity index (χ1v) is 10.5. The van der Waals surface area contributed by atoms with Crippen molar-refractivity contribution in [2.75, 3.05) is 26.5 Å². The first-order valence-electron chi connectivity index (χ1n) is 10.5. The summed E-state index contributed by atoms with van der Waals surface area (Å²) in [5.74, 6) is -0.946. The van der Waals surface area contributed by atoms with E-state index in [-0.39, 0.29) is 36.5 Å². The van der Waals surface area contributed by atoms with E-state index in [4.69, 9.17) is 4.84 Å². The smallest absolute Gasteiger partial charge is 0.307 e. The number of carbonyl (C=O) groups excluding carboxylic acids is 2. The maximum absolute atomic E-state index is 14.5. The minimum absolute atomic E-state index is 0. The lowest BCUT2D eigenvalue weighted by Crippen LogP contribution is -2.49. The zero-order valence-corrected chi connectivity index (χ0v) is 21.3. The Labute approximate surface area is 211 Å². The van der Waals surface area contributed by atoms with Crippen LogP contribution in [-0.4, -0.2) is 60.2 Å². The van der Waals surface area contributed by atoms with Gasteiger partial charge in [0, 0.05) is 30.8 Å². The highest BCUT2D eigenvalue weighted by Gasteiger charge is 2.39. The van der Waals surface area contributed by atoms with E-state index < -0.39 is 29.3 Å². The highest BCUT2D eigenvalue weighted by atomic mass is 35.5. The van der Waals surface area contributed by atoms with Crippen LogP contribution in [0.4, 0.5) is 28.0 Å². The van der Waals surface area contributed by atoms with Gasteiger partial charge in [-0.05, 0) is 52.6 Å². The van der Waals surface area contributed by atoms with Crippen LogP contribution in [0.3, 0.4) is 0 Å². The Hall–Kier alpha value is -3.16. The molecule has 9 nitrogen and oxygen atoms in total. The molecule has 0 aliphatic carbocycles. The number of aliphatic imine (C=N–C) groups is 1. The SMILES string of the molecule is CC1=C2CC(c3cc(F)c(C(F)(F)F)cc3NC(=O)NC=O)=CN=C2N(C)N1OC(C)(C)N(C)C.Cl. The number of allylic oxidation sites excluding steroid dienone is 2. The molecule has 0 saturated heterocycles. The molecule has 0 saturated carbocycles.